The van der Waals surface area contributed by atoms with E-state index >= 15 is 0 Å². The first-order chi connectivity index (χ1) is 18.7. The van der Waals surface area contributed by atoms with E-state index in [0.717, 1.165) is 43.6 Å². The number of urea groups is 1. The Kier molecular flexibility index (Phi) is 10.2. The third-order valence-electron chi connectivity index (χ3n) is 7.31. The molecule has 1 atom stereocenters. The molecule has 210 valence electrons. The van der Waals surface area contributed by atoms with Gasteiger partial charge in [0.1, 0.15) is 10.3 Å². The first kappa shape index (κ1) is 29.3. The van der Waals surface area contributed by atoms with E-state index in [4.69, 9.17) is 23.2 Å². The molecule has 0 unspecified atom stereocenters. The zero-order chi connectivity index (χ0) is 27.9. The Morgan fingerprint density at radius 1 is 1.26 bits per heavy atom. The topological polar surface area (TPSA) is 95.4 Å². The van der Waals surface area contributed by atoms with Crippen molar-refractivity contribution in [2.45, 2.75) is 58.3 Å². The molecule has 1 aliphatic rings. The molecule has 9 nitrogen and oxygen atoms in total. The molecule has 4 heterocycles. The number of carbonyl (C=O) groups excluding carboxylic acids is 2. The van der Waals surface area contributed by atoms with E-state index in [1.54, 1.807) is 36.9 Å². The highest BCUT2D eigenvalue weighted by Gasteiger charge is 2.30. The van der Waals surface area contributed by atoms with Gasteiger partial charge in [-0.2, -0.15) is 11.3 Å². The minimum absolute atomic E-state index is 0.0535. The van der Waals surface area contributed by atoms with Crippen LogP contribution in [0.2, 0.25) is 10.3 Å². The van der Waals surface area contributed by atoms with Crippen molar-refractivity contribution in [3.8, 4) is 0 Å². The van der Waals surface area contributed by atoms with Crippen LogP contribution in [0.1, 0.15) is 53.4 Å². The van der Waals surface area contributed by atoms with Gasteiger partial charge in [-0.25, -0.2) is 14.8 Å². The quantitative estimate of drug-likeness (QED) is 0.328. The second kappa shape index (κ2) is 13.6. The molecule has 0 bridgehead atoms. The monoisotopic (exact) mass is 591 g/mol. The van der Waals surface area contributed by atoms with E-state index in [1.807, 2.05) is 21.9 Å². The van der Waals surface area contributed by atoms with Gasteiger partial charge >= 0.3 is 6.03 Å². The van der Waals surface area contributed by atoms with Crippen molar-refractivity contribution in [1.29, 1.82) is 0 Å². The first-order valence-electron chi connectivity index (χ1n) is 13.1. The van der Waals surface area contributed by atoms with Crippen LogP contribution in [0.25, 0.3) is 0 Å². The Labute approximate surface area is 243 Å². The molecule has 4 rings (SSSR count). The van der Waals surface area contributed by atoms with Gasteiger partial charge in [-0.3, -0.25) is 4.79 Å². The number of nitrogens with one attached hydrogen (secondary N) is 2. The van der Waals surface area contributed by atoms with Crippen molar-refractivity contribution in [3.05, 3.63) is 68.1 Å². The van der Waals surface area contributed by atoms with Crippen molar-refractivity contribution in [3.63, 3.8) is 0 Å². The summed E-state index contributed by atoms with van der Waals surface area (Å²) in [6, 6.07) is 4.10. The van der Waals surface area contributed by atoms with Gasteiger partial charge in [-0.1, -0.05) is 23.2 Å². The molecule has 12 heteroatoms. The van der Waals surface area contributed by atoms with Crippen LogP contribution >= 0.6 is 34.5 Å². The molecule has 0 spiro atoms. The number of pyridine rings is 1. The van der Waals surface area contributed by atoms with Gasteiger partial charge in [-0.15, -0.1) is 0 Å². The van der Waals surface area contributed by atoms with Crippen LogP contribution in [0.3, 0.4) is 0 Å². The van der Waals surface area contributed by atoms with Crippen LogP contribution in [0, 0.1) is 6.92 Å². The number of amides is 3. The van der Waals surface area contributed by atoms with Crippen LogP contribution in [0.4, 0.5) is 4.79 Å². The van der Waals surface area contributed by atoms with Gasteiger partial charge in [0.15, 0.2) is 0 Å². The summed E-state index contributed by atoms with van der Waals surface area (Å²) in [5, 5.41) is 10.6. The smallest absolute Gasteiger partial charge is 0.318 e. The van der Waals surface area contributed by atoms with Gasteiger partial charge in [0, 0.05) is 51.5 Å². The van der Waals surface area contributed by atoms with E-state index in [-0.39, 0.29) is 34.3 Å². The van der Waals surface area contributed by atoms with Gasteiger partial charge in [0.05, 0.1) is 24.1 Å². The maximum atomic E-state index is 13.3. The fourth-order valence-electron chi connectivity index (χ4n) is 4.94. The average Bonchev–Trinajstić information content (AvgIpc) is 3.57. The first-order valence-corrected chi connectivity index (χ1v) is 14.8. The molecule has 0 aromatic carbocycles. The predicted molar refractivity (Wildman–Crippen MR) is 155 cm³/mol. The highest BCUT2D eigenvalue weighted by atomic mass is 35.5. The fraction of sp³-hybridized carbons (Fsp3) is 0.481. The summed E-state index contributed by atoms with van der Waals surface area (Å²) in [7, 11) is 1.92. The third kappa shape index (κ3) is 7.72. The van der Waals surface area contributed by atoms with E-state index in [2.05, 4.69) is 43.9 Å². The Morgan fingerprint density at radius 3 is 2.67 bits per heavy atom. The average molecular weight is 593 g/mol. The molecular weight excluding hydrogens is 557 g/mol. The number of piperidine rings is 1. The maximum absolute atomic E-state index is 13.3. The Morgan fingerprint density at radius 2 is 2.03 bits per heavy atom. The molecule has 2 N–H and O–H groups in total. The lowest BCUT2D eigenvalue weighted by Crippen LogP contribution is -2.51. The lowest BCUT2D eigenvalue weighted by atomic mass is 10.0. The number of nitrogens with zero attached hydrogens (tertiary/aromatic N) is 5. The number of hydrogen-bond donors (Lipinski definition) is 2. The number of aromatic nitrogens is 3. The van der Waals surface area contributed by atoms with Crippen molar-refractivity contribution < 1.29 is 9.59 Å². The Bertz CT molecular complexity index is 1240. The highest BCUT2D eigenvalue weighted by molar-refractivity contribution is 7.07. The summed E-state index contributed by atoms with van der Waals surface area (Å²) in [4.78, 5) is 38.5. The fourth-order valence-corrected chi connectivity index (χ4v) is 6.22. The molecule has 0 aliphatic carbocycles. The molecule has 0 radical (unpaired) electrons. The Balaban J connectivity index is 1.28. The van der Waals surface area contributed by atoms with Crippen molar-refractivity contribution in [2.75, 3.05) is 19.6 Å². The summed E-state index contributed by atoms with van der Waals surface area (Å²) in [6.45, 7) is 7.31. The number of rotatable bonds is 10. The zero-order valence-corrected chi connectivity index (χ0v) is 24.8. The van der Waals surface area contributed by atoms with Gasteiger partial charge in [-0.05, 0) is 67.1 Å². The third-order valence-corrected chi connectivity index (χ3v) is 8.51. The summed E-state index contributed by atoms with van der Waals surface area (Å²) >= 11 is 13.7. The molecule has 3 aromatic rings. The van der Waals surface area contributed by atoms with Crippen LogP contribution < -0.4 is 10.6 Å². The molecule has 3 aromatic heterocycles. The van der Waals surface area contributed by atoms with Crippen LogP contribution in [-0.4, -0.2) is 68.0 Å². The molecule has 0 saturated carbocycles. The maximum Gasteiger partial charge on any atom is 0.318 e. The summed E-state index contributed by atoms with van der Waals surface area (Å²) in [5.41, 5.74) is 3.17. The summed E-state index contributed by atoms with van der Waals surface area (Å²) < 4.78 is 1.91. The predicted octanol–water partition coefficient (Wildman–Crippen LogP) is 4.88. The second-order valence-electron chi connectivity index (χ2n) is 10.0. The number of carbonyl (C=O) groups is 2. The number of likely N-dealkylation sites (tertiary alicyclic amines) is 1. The van der Waals surface area contributed by atoms with Crippen molar-refractivity contribution in [1.82, 2.24) is 35.0 Å². The van der Waals surface area contributed by atoms with Crippen molar-refractivity contribution >= 4 is 46.5 Å². The Hall–Kier alpha value is -2.66. The molecule has 1 aliphatic heterocycles. The summed E-state index contributed by atoms with van der Waals surface area (Å²) in [5.74, 6) is -0.242. The normalized spacial score (nSPS) is 15.2. The van der Waals surface area contributed by atoms with Crippen LogP contribution in [0.15, 0.2) is 35.4 Å². The largest absolute Gasteiger partial charge is 0.352 e. The zero-order valence-electron chi connectivity index (χ0n) is 22.5. The van der Waals surface area contributed by atoms with E-state index in [0.29, 0.717) is 30.8 Å². The number of halogens is 2. The number of aryl methyl sites for hydroxylation is 2. The lowest BCUT2D eigenvalue weighted by molar-refractivity contribution is 0.0903. The molecule has 1 fully saturated rings. The second-order valence-corrected chi connectivity index (χ2v) is 11.5. The van der Waals surface area contributed by atoms with E-state index in [1.165, 1.54) is 0 Å². The van der Waals surface area contributed by atoms with E-state index < -0.39 is 0 Å². The SMILES string of the molecule is Cc1cc(Cl)nc(Cl)c1C(=O)NCC[C@@H](C)N1CCC(N(Cc2ccsc2)C(=O)NCc2cncn2C)CC1. The number of thiophene rings is 1. The highest BCUT2D eigenvalue weighted by Crippen LogP contribution is 2.23. The van der Waals surface area contributed by atoms with E-state index in [9.17, 15) is 9.59 Å². The van der Waals surface area contributed by atoms with Gasteiger partial charge in [0.2, 0.25) is 0 Å². The summed E-state index contributed by atoms with van der Waals surface area (Å²) in [6.07, 6.45) is 6.10. The van der Waals surface area contributed by atoms with Crippen LogP contribution in [0.5, 0.6) is 0 Å². The molecule has 1 saturated heterocycles. The van der Waals surface area contributed by atoms with Gasteiger partial charge < -0.3 is 25.0 Å². The standard InChI is InChI=1S/C27H35Cl2N7O2S/c1-18-12-23(28)33-25(29)24(18)26(37)31-8-4-19(2)35-9-5-21(6-10-35)36(15-20-7-11-39-16-20)27(38)32-14-22-13-30-17-34(22)3/h7,11-13,16-17,19,21H,4-6,8-10,14-15H2,1-3H3,(H,31,37)(H,32,38)/t19-/m1/s1. The van der Waals surface area contributed by atoms with Crippen molar-refractivity contribution in [2.24, 2.45) is 7.05 Å². The number of imidazole rings is 1. The molecule has 39 heavy (non-hydrogen) atoms. The minimum Gasteiger partial charge on any atom is -0.352 e. The van der Waals surface area contributed by atoms with Crippen LogP contribution in [-0.2, 0) is 20.1 Å². The minimum atomic E-state index is -0.242. The number of hydrogen-bond acceptors (Lipinski definition) is 6. The molecular formula is C27H35Cl2N7O2S. The lowest BCUT2D eigenvalue weighted by Gasteiger charge is -2.40. The van der Waals surface area contributed by atoms with Gasteiger partial charge in [0.25, 0.3) is 5.91 Å². The molecule has 3 amide bonds.